The molecule has 0 radical (unpaired) electrons. The van der Waals surface area contributed by atoms with Crippen molar-refractivity contribution >= 4 is 66.4 Å². The Hall–Kier alpha value is -12.9. The maximum absolute atomic E-state index is 15.7. The number of carbonyl (C=O) groups excluding carboxylic acids is 7. The summed E-state index contributed by atoms with van der Waals surface area (Å²) in [6.07, 6.45) is -4.12. The summed E-state index contributed by atoms with van der Waals surface area (Å²) in [5.74, 6) is -4.92. The van der Waals surface area contributed by atoms with E-state index in [0.717, 1.165) is 6.33 Å². The number of carbonyl (C=O) groups is 7. The largest absolute Gasteiger partial charge is 0.452 e. The average molecular weight is 1410 g/mol. The van der Waals surface area contributed by atoms with Gasteiger partial charge in [0, 0.05) is 5.56 Å². The minimum atomic E-state index is -5.45. The fourth-order valence-corrected chi connectivity index (χ4v) is 12.6. The molecule has 0 spiro atoms. The van der Waals surface area contributed by atoms with E-state index in [1.807, 2.05) is 0 Å². The number of amides is 2. The van der Waals surface area contributed by atoms with Crippen molar-refractivity contribution in [2.24, 2.45) is 0 Å². The van der Waals surface area contributed by atoms with Gasteiger partial charge in [0.05, 0.1) is 52.3 Å². The van der Waals surface area contributed by atoms with Crippen LogP contribution in [0.25, 0.3) is 11.2 Å². The summed E-state index contributed by atoms with van der Waals surface area (Å²) < 4.78 is 59.0. The topological polar surface area (TPSA) is 301 Å². The molecule has 0 bridgehead atoms. The molecule has 10 aromatic carbocycles. The quantitative estimate of drug-likeness (QED) is 0.0179. The first kappa shape index (κ1) is 69.6. The van der Waals surface area contributed by atoms with Gasteiger partial charge < -0.3 is 38.6 Å². The minimum absolute atomic E-state index is 0.00110. The smallest absolute Gasteiger partial charge is 0.432 e. The van der Waals surface area contributed by atoms with Crippen LogP contribution in [0.4, 0.5) is 5.82 Å². The number of nitrogens with zero attached hydrogens (tertiary/aromatic N) is 4. The lowest BCUT2D eigenvalue weighted by atomic mass is 9.76. The lowest BCUT2D eigenvalue weighted by molar-refractivity contribution is -0.122. The molecule has 0 saturated carbocycles. The maximum atomic E-state index is 15.7. The van der Waals surface area contributed by atoms with Crippen molar-refractivity contribution in [1.82, 2.24) is 29.9 Å². The normalized spacial score (nSPS) is 15.6. The summed E-state index contributed by atoms with van der Waals surface area (Å²) >= 11 is 0. The number of hydrogen-bond donors (Lipinski definition) is 4. The van der Waals surface area contributed by atoms with Crippen molar-refractivity contribution < 1.29 is 76.0 Å². The molecule has 2 aromatic heterocycles. The summed E-state index contributed by atoms with van der Waals surface area (Å²) in [5.41, 5.74) is 1.46. The molecule has 1 aliphatic rings. The standard InChI is InChI=1S/C80H62N7O16P/c88-72(53-24-10-2-11-25-53)84-70-67-71(82-50-81-70)87(51-83-67)74-69(103-79(94)58-34-20-7-21-35-58)68(102-78(93)57-32-18-6-19-33-57)66(101-74)49-97-104(95,96)86-73(89)65(48-52-22-8-1-9-23-52)85-80(59-36-42-62(43-37-59)98-75(90)54-26-12-3-13-27-54,60-38-44-63(45-39-60)99-76(91)55-28-14-4-15-29-55)61-40-46-64(47-41-61)100-77(92)56-30-16-5-17-31-56/h1-47,50-51,65-66,68-69,74,85H,48-49H2,(H,81,82,84,88)(H2,86,89,95,96)/t65?,66-,68-,69-,74-/m1/s1. The van der Waals surface area contributed by atoms with Gasteiger partial charge in [-0.2, -0.15) is 0 Å². The van der Waals surface area contributed by atoms with E-state index in [1.54, 1.807) is 261 Å². The number of hydrogen-bond acceptors (Lipinski definition) is 19. The Bertz CT molecular complexity index is 4840. The first-order chi connectivity index (χ1) is 50.6. The van der Waals surface area contributed by atoms with E-state index in [9.17, 15) is 33.7 Å². The van der Waals surface area contributed by atoms with Gasteiger partial charge >= 0.3 is 37.6 Å². The number of imidazole rings is 1. The molecule has 1 aliphatic heterocycles. The molecule has 104 heavy (non-hydrogen) atoms. The van der Waals surface area contributed by atoms with E-state index in [0.29, 0.717) is 27.8 Å². The highest BCUT2D eigenvalue weighted by atomic mass is 31.2. The fourth-order valence-electron chi connectivity index (χ4n) is 11.8. The third-order valence-electron chi connectivity index (χ3n) is 16.9. The molecule has 2 unspecified atom stereocenters. The Morgan fingerprint density at radius 3 is 1.28 bits per heavy atom. The third kappa shape index (κ3) is 16.3. The molecule has 1 fully saturated rings. The lowest BCUT2D eigenvalue weighted by Crippen LogP contribution is -2.55. The Balaban J connectivity index is 0.867. The van der Waals surface area contributed by atoms with Gasteiger partial charge in [0.15, 0.2) is 35.4 Å². The Kier molecular flexibility index (Phi) is 21.2. The number of rotatable bonds is 25. The monoisotopic (exact) mass is 1410 g/mol. The molecule has 2 amide bonds. The molecule has 12 aromatic rings. The summed E-state index contributed by atoms with van der Waals surface area (Å²) in [4.78, 5) is 124. The number of aromatic nitrogens is 4. The van der Waals surface area contributed by atoms with Crippen LogP contribution in [0.1, 0.15) is 90.6 Å². The number of anilines is 1. The Morgan fingerprint density at radius 2 is 0.856 bits per heavy atom. The molecule has 1 saturated heterocycles. The number of esters is 5. The first-order valence-electron chi connectivity index (χ1n) is 32.6. The molecule has 23 nitrogen and oxygen atoms in total. The van der Waals surface area contributed by atoms with E-state index in [1.165, 1.54) is 35.2 Å². The van der Waals surface area contributed by atoms with Crippen LogP contribution in [0.5, 0.6) is 17.2 Å². The van der Waals surface area contributed by atoms with Crippen LogP contribution in [-0.2, 0) is 40.1 Å². The zero-order chi connectivity index (χ0) is 72.0. The molecular formula is C80H62N7O16P. The van der Waals surface area contributed by atoms with Crippen LogP contribution in [-0.4, -0.2) is 97.0 Å². The van der Waals surface area contributed by atoms with Crippen molar-refractivity contribution in [3.05, 3.63) is 353 Å². The average Bonchev–Trinajstić information content (AvgIpc) is 1.70. The summed E-state index contributed by atoms with van der Waals surface area (Å²) in [6.45, 7) is -0.930. The predicted octanol–water partition coefficient (Wildman–Crippen LogP) is 12.5. The van der Waals surface area contributed by atoms with Crippen LogP contribution in [0.3, 0.4) is 0 Å². The molecule has 13 rings (SSSR count). The predicted molar refractivity (Wildman–Crippen MR) is 379 cm³/mol. The van der Waals surface area contributed by atoms with Crippen LogP contribution in [0.2, 0.25) is 0 Å². The lowest BCUT2D eigenvalue weighted by Gasteiger charge is -2.40. The van der Waals surface area contributed by atoms with Crippen LogP contribution >= 0.6 is 7.75 Å². The highest BCUT2D eigenvalue weighted by Crippen LogP contribution is 2.44. The van der Waals surface area contributed by atoms with Gasteiger partial charge in [0.1, 0.15) is 29.7 Å². The Morgan fingerprint density at radius 1 is 0.471 bits per heavy atom. The molecule has 6 atom stereocenters. The fraction of sp³-hybridized carbons (Fsp3) is 0.100. The van der Waals surface area contributed by atoms with Crippen molar-refractivity contribution in [3.8, 4) is 17.2 Å². The van der Waals surface area contributed by atoms with Gasteiger partial charge in [-0.1, -0.05) is 176 Å². The van der Waals surface area contributed by atoms with Gasteiger partial charge in [0.25, 0.3) is 5.91 Å². The summed E-state index contributed by atoms with van der Waals surface area (Å²) in [5, 5.41) is 8.60. The van der Waals surface area contributed by atoms with Crippen molar-refractivity contribution in [2.75, 3.05) is 11.9 Å². The van der Waals surface area contributed by atoms with E-state index < -0.39 is 92.1 Å². The molecule has 0 aliphatic carbocycles. The van der Waals surface area contributed by atoms with Crippen LogP contribution in [0.15, 0.2) is 298 Å². The third-order valence-corrected chi connectivity index (χ3v) is 17.9. The van der Waals surface area contributed by atoms with Crippen LogP contribution < -0.4 is 29.9 Å². The van der Waals surface area contributed by atoms with Gasteiger partial charge in [-0.25, -0.2) is 43.5 Å². The van der Waals surface area contributed by atoms with E-state index in [-0.39, 0.29) is 68.5 Å². The highest BCUT2D eigenvalue weighted by Gasteiger charge is 2.52. The second kappa shape index (κ2) is 31.8. The van der Waals surface area contributed by atoms with E-state index >= 15 is 9.36 Å². The van der Waals surface area contributed by atoms with Crippen molar-refractivity contribution in [3.63, 3.8) is 0 Å². The van der Waals surface area contributed by atoms with E-state index in [4.69, 9.17) is 32.9 Å². The SMILES string of the molecule is O=C(Nc1ncnc2c1ncn2[C@@H]1O[C@H](COP(=O)(O)NC(=O)C(Cc2ccccc2)NC(c2ccc(OC(=O)c3ccccc3)cc2)(c2ccc(OC(=O)c3ccccc3)cc2)c2ccc(OC(=O)c3ccccc3)cc2)[C@@H](OC(=O)c2ccccc2)[C@H]1OC(=O)c1ccccc1)c1ccccc1. The number of benzene rings is 10. The number of fused-ring (bicyclic) bond motifs is 1. The van der Waals surface area contributed by atoms with Gasteiger partial charge in [-0.3, -0.25) is 29.1 Å². The van der Waals surface area contributed by atoms with E-state index in [2.05, 4.69) is 30.7 Å². The molecular weight excluding hydrogens is 1350 g/mol. The summed E-state index contributed by atoms with van der Waals surface area (Å²) in [7, 11) is -5.45. The summed E-state index contributed by atoms with van der Waals surface area (Å²) in [6, 6.07) is 75.8. The second-order valence-corrected chi connectivity index (χ2v) is 25.2. The molecule has 24 heteroatoms. The van der Waals surface area contributed by atoms with Crippen LogP contribution in [0, 0.1) is 0 Å². The molecule has 4 N–H and O–H groups in total. The van der Waals surface area contributed by atoms with Gasteiger partial charge in [-0.15, -0.1) is 0 Å². The van der Waals surface area contributed by atoms with Crippen molar-refractivity contribution in [2.45, 2.75) is 42.5 Å². The van der Waals surface area contributed by atoms with Gasteiger partial charge in [0.2, 0.25) is 5.91 Å². The number of ether oxygens (including phenoxy) is 6. The first-order valence-corrected chi connectivity index (χ1v) is 34.2. The maximum Gasteiger partial charge on any atom is 0.432 e. The minimum Gasteiger partial charge on any atom is -0.452 e. The molecule has 3 heterocycles. The number of nitrogens with one attached hydrogen (secondary N) is 3. The van der Waals surface area contributed by atoms with Gasteiger partial charge in [-0.05, 0) is 138 Å². The zero-order valence-corrected chi connectivity index (χ0v) is 55.8. The Labute approximate surface area is 594 Å². The van der Waals surface area contributed by atoms with Crippen molar-refractivity contribution in [1.29, 1.82) is 0 Å². The zero-order valence-electron chi connectivity index (χ0n) is 54.9. The molecule has 518 valence electrons. The second-order valence-electron chi connectivity index (χ2n) is 23.7. The highest BCUT2D eigenvalue weighted by molar-refractivity contribution is 7.51.